The third-order valence-corrected chi connectivity index (χ3v) is 8.01. The zero-order valence-corrected chi connectivity index (χ0v) is 19.8. The number of rotatable bonds is 5. The van der Waals surface area contributed by atoms with E-state index in [-0.39, 0.29) is 39.9 Å². The van der Waals surface area contributed by atoms with Crippen LogP contribution in [0.4, 0.5) is 4.39 Å². The van der Waals surface area contributed by atoms with Gasteiger partial charge >= 0.3 is 5.97 Å². The number of amides is 2. The number of nitrogens with one attached hydrogen (secondary N) is 1. The molecule has 7 nitrogen and oxygen atoms in total. The first-order valence-electron chi connectivity index (χ1n) is 10.7. The van der Waals surface area contributed by atoms with Crippen LogP contribution in [0.25, 0.3) is 10.9 Å². The number of carbonyl (C=O) groups is 3. The van der Waals surface area contributed by atoms with Crippen LogP contribution in [0.5, 0.6) is 0 Å². The van der Waals surface area contributed by atoms with Crippen molar-refractivity contribution in [3.8, 4) is 0 Å². The van der Waals surface area contributed by atoms with E-state index in [0.717, 1.165) is 4.90 Å². The number of fused-ring (bicyclic) bond motifs is 1. The molecule has 0 bridgehead atoms. The van der Waals surface area contributed by atoms with E-state index < -0.39 is 11.8 Å². The summed E-state index contributed by atoms with van der Waals surface area (Å²) in [6.45, 7) is 3.31. The van der Waals surface area contributed by atoms with Gasteiger partial charge in [-0.25, -0.2) is 9.18 Å². The van der Waals surface area contributed by atoms with Gasteiger partial charge in [0, 0.05) is 52.3 Å². The molecule has 176 valence electrons. The summed E-state index contributed by atoms with van der Waals surface area (Å²) < 4.78 is 16.8. The van der Waals surface area contributed by atoms with Crippen LogP contribution in [0.1, 0.15) is 22.5 Å². The predicted octanol–water partition coefficient (Wildman–Crippen LogP) is 3.94. The Hall–Kier alpha value is -3.04. The van der Waals surface area contributed by atoms with Crippen LogP contribution in [0.2, 0.25) is 5.02 Å². The van der Waals surface area contributed by atoms with Crippen LogP contribution in [0, 0.1) is 18.2 Å². The van der Waals surface area contributed by atoms with Gasteiger partial charge in [-0.1, -0.05) is 29.4 Å². The van der Waals surface area contributed by atoms with Gasteiger partial charge in [-0.05, 0) is 37.3 Å². The van der Waals surface area contributed by atoms with Crippen LogP contribution in [0.15, 0.2) is 46.2 Å². The number of benzene rings is 2. The summed E-state index contributed by atoms with van der Waals surface area (Å²) in [5.41, 5.74) is 0.888. The van der Waals surface area contributed by atoms with Gasteiger partial charge in [-0.15, -0.1) is 0 Å². The lowest BCUT2D eigenvalue weighted by Gasteiger charge is -2.47. The van der Waals surface area contributed by atoms with Crippen LogP contribution in [-0.2, 0) is 16.1 Å². The highest BCUT2D eigenvalue weighted by atomic mass is 35.5. The molecular formula is C24H21ClFN3O4S. The zero-order valence-electron chi connectivity index (χ0n) is 18.2. The molecule has 2 fully saturated rings. The molecule has 2 aliphatic rings. The number of likely N-dealkylation sites (tertiary alicyclic amines) is 1. The SMILES string of the molecule is Cc1c(Sc2cccc(C(=O)O)c2)c2ccc(Cl)c(F)c2n1CC(=O)N1CC2(CNC(=O)C2)C1. The Balaban J connectivity index is 1.47. The molecule has 2 aliphatic heterocycles. The molecule has 2 amide bonds. The van der Waals surface area contributed by atoms with Crippen molar-refractivity contribution in [2.45, 2.75) is 29.7 Å². The fourth-order valence-corrected chi connectivity index (χ4v) is 6.01. The lowest BCUT2D eigenvalue weighted by molar-refractivity contribution is -0.143. The summed E-state index contributed by atoms with van der Waals surface area (Å²) in [6, 6.07) is 9.70. The third-order valence-electron chi connectivity index (χ3n) is 6.51. The van der Waals surface area contributed by atoms with Crippen LogP contribution < -0.4 is 5.32 Å². The summed E-state index contributed by atoms with van der Waals surface area (Å²) in [7, 11) is 0. The molecule has 0 saturated carbocycles. The van der Waals surface area contributed by atoms with Crippen molar-refractivity contribution in [1.82, 2.24) is 14.8 Å². The van der Waals surface area contributed by atoms with E-state index >= 15 is 4.39 Å². The number of hydrogen-bond acceptors (Lipinski definition) is 4. The third kappa shape index (κ3) is 3.82. The van der Waals surface area contributed by atoms with Crippen LogP contribution in [-0.4, -0.2) is 52.0 Å². The van der Waals surface area contributed by atoms with Crippen molar-refractivity contribution in [3.05, 3.63) is 58.5 Å². The minimum atomic E-state index is -1.03. The lowest BCUT2D eigenvalue weighted by Crippen LogP contribution is -2.60. The molecule has 0 atom stereocenters. The van der Waals surface area contributed by atoms with Crippen molar-refractivity contribution in [3.63, 3.8) is 0 Å². The maximum Gasteiger partial charge on any atom is 0.335 e. The molecule has 10 heteroatoms. The Kier molecular flexibility index (Phi) is 5.56. The van der Waals surface area contributed by atoms with Gasteiger partial charge in [-0.3, -0.25) is 9.59 Å². The molecular weight excluding hydrogens is 481 g/mol. The number of aromatic carboxylic acids is 1. The summed E-state index contributed by atoms with van der Waals surface area (Å²) in [4.78, 5) is 39.1. The Labute approximate surface area is 203 Å². The van der Waals surface area contributed by atoms with E-state index in [2.05, 4.69) is 5.32 Å². The fourth-order valence-electron chi connectivity index (χ4n) is 4.76. The standard InChI is InChI=1S/C24H21ClFN3O4S/c1-13-22(34-15-4-2-3-14(7-15)23(32)33)16-5-6-17(25)20(26)21(16)29(13)9-19(31)28-11-24(12-28)8-18(30)27-10-24/h2-7H,8-12H2,1H3,(H,27,30)(H,32,33). The Bertz CT molecular complexity index is 1370. The molecule has 34 heavy (non-hydrogen) atoms. The number of carboxylic acids is 1. The van der Waals surface area contributed by atoms with Gasteiger partial charge in [0.05, 0.1) is 16.1 Å². The lowest BCUT2D eigenvalue weighted by atomic mass is 9.79. The molecule has 0 aliphatic carbocycles. The number of carboxylic acid groups (broad SMARTS) is 1. The van der Waals surface area contributed by atoms with Crippen molar-refractivity contribution < 1.29 is 23.9 Å². The molecule has 3 aromatic rings. The summed E-state index contributed by atoms with van der Waals surface area (Å²) in [6.07, 6.45) is 0.419. The maximum atomic E-state index is 15.2. The number of hydrogen-bond donors (Lipinski definition) is 2. The fraction of sp³-hybridized carbons (Fsp3) is 0.292. The molecule has 5 rings (SSSR count). The molecule has 3 heterocycles. The largest absolute Gasteiger partial charge is 0.478 e. The van der Waals surface area contributed by atoms with Crippen molar-refractivity contribution >= 4 is 52.0 Å². The highest BCUT2D eigenvalue weighted by molar-refractivity contribution is 7.99. The summed E-state index contributed by atoms with van der Waals surface area (Å²) in [5, 5.41) is 12.7. The van der Waals surface area contributed by atoms with Gasteiger partial charge in [-0.2, -0.15) is 0 Å². The van der Waals surface area contributed by atoms with E-state index in [4.69, 9.17) is 11.6 Å². The zero-order chi connectivity index (χ0) is 24.2. The van der Waals surface area contributed by atoms with E-state index in [1.54, 1.807) is 40.7 Å². The van der Waals surface area contributed by atoms with E-state index in [9.17, 15) is 19.5 Å². The van der Waals surface area contributed by atoms with Gasteiger partial charge < -0.3 is 19.9 Å². The number of aromatic nitrogens is 1. The van der Waals surface area contributed by atoms with Gasteiger partial charge in [0.1, 0.15) is 6.54 Å². The number of halogens is 2. The average molecular weight is 502 g/mol. The first-order chi connectivity index (χ1) is 16.2. The average Bonchev–Trinajstić information content (AvgIpc) is 3.29. The molecule has 1 aromatic heterocycles. The van der Waals surface area contributed by atoms with Gasteiger partial charge in [0.15, 0.2) is 5.82 Å². The van der Waals surface area contributed by atoms with E-state index in [1.807, 2.05) is 0 Å². The summed E-state index contributed by atoms with van der Waals surface area (Å²) in [5.74, 6) is -1.79. The van der Waals surface area contributed by atoms with Crippen molar-refractivity contribution in [2.75, 3.05) is 19.6 Å². The second-order valence-electron chi connectivity index (χ2n) is 8.90. The number of carbonyl (C=O) groups excluding carboxylic acids is 2. The highest BCUT2D eigenvalue weighted by Gasteiger charge is 2.49. The smallest absolute Gasteiger partial charge is 0.335 e. The predicted molar refractivity (Wildman–Crippen MR) is 126 cm³/mol. The molecule has 1 spiro atoms. The maximum absolute atomic E-state index is 15.2. The van der Waals surface area contributed by atoms with E-state index in [0.29, 0.717) is 42.0 Å². The monoisotopic (exact) mass is 501 g/mol. The quantitative estimate of drug-likeness (QED) is 0.552. The molecule has 0 radical (unpaired) electrons. The molecule has 2 saturated heterocycles. The second kappa shape index (κ2) is 8.32. The first kappa shape index (κ1) is 22.7. The van der Waals surface area contributed by atoms with E-state index in [1.165, 1.54) is 23.9 Å². The first-order valence-corrected chi connectivity index (χ1v) is 11.9. The number of nitrogens with zero attached hydrogens (tertiary/aromatic N) is 2. The molecule has 0 unspecified atom stereocenters. The Morgan fingerprint density at radius 3 is 2.71 bits per heavy atom. The minimum Gasteiger partial charge on any atom is -0.478 e. The Morgan fingerprint density at radius 2 is 2.03 bits per heavy atom. The Morgan fingerprint density at radius 1 is 1.26 bits per heavy atom. The normalized spacial score (nSPS) is 16.7. The molecule has 2 aromatic carbocycles. The molecule has 2 N–H and O–H groups in total. The van der Waals surface area contributed by atoms with Crippen molar-refractivity contribution in [2.24, 2.45) is 5.41 Å². The topological polar surface area (TPSA) is 91.6 Å². The van der Waals surface area contributed by atoms with Gasteiger partial charge in [0.25, 0.3) is 0 Å². The van der Waals surface area contributed by atoms with Gasteiger partial charge in [0.2, 0.25) is 11.8 Å². The highest BCUT2D eigenvalue weighted by Crippen LogP contribution is 2.41. The van der Waals surface area contributed by atoms with Crippen molar-refractivity contribution in [1.29, 1.82) is 0 Å². The second-order valence-corrected chi connectivity index (χ2v) is 10.4. The van der Waals surface area contributed by atoms with Crippen LogP contribution >= 0.6 is 23.4 Å². The van der Waals surface area contributed by atoms with Crippen LogP contribution in [0.3, 0.4) is 0 Å². The summed E-state index contributed by atoms with van der Waals surface area (Å²) >= 11 is 7.39. The minimum absolute atomic E-state index is 0.00435.